The average molecular weight is 253 g/mol. The zero-order chi connectivity index (χ0) is 13.4. The molecule has 4 rings (SSSR count). The molecule has 0 bridgehead atoms. The molecule has 0 aromatic heterocycles. The third-order valence-electron chi connectivity index (χ3n) is 3.80. The first-order valence-corrected chi connectivity index (χ1v) is 6.80. The molecule has 0 atom stereocenters. The molecule has 0 amide bonds. The number of hydrogen-bond donors (Lipinski definition) is 0. The highest BCUT2D eigenvalue weighted by molar-refractivity contribution is 6.13. The molecule has 0 N–H and O–H groups in total. The van der Waals surface area contributed by atoms with Crippen molar-refractivity contribution in [1.82, 2.24) is 0 Å². The largest absolute Gasteiger partial charge is 0.0616 e. The summed E-state index contributed by atoms with van der Waals surface area (Å²) in [6.45, 7) is 0. The lowest BCUT2D eigenvalue weighted by Gasteiger charge is -2.10. The minimum Gasteiger partial charge on any atom is -0.0616 e. The first-order valence-electron chi connectivity index (χ1n) is 6.80. The van der Waals surface area contributed by atoms with Crippen molar-refractivity contribution in [1.29, 1.82) is 0 Å². The lowest BCUT2D eigenvalue weighted by molar-refractivity contribution is 1.65. The molecular formula is C20H13. The van der Waals surface area contributed by atoms with E-state index >= 15 is 0 Å². The second-order valence-corrected chi connectivity index (χ2v) is 4.98. The van der Waals surface area contributed by atoms with Crippen molar-refractivity contribution in [3.8, 4) is 11.1 Å². The van der Waals surface area contributed by atoms with Gasteiger partial charge in [0.2, 0.25) is 0 Å². The molecule has 0 heterocycles. The van der Waals surface area contributed by atoms with Gasteiger partial charge >= 0.3 is 0 Å². The summed E-state index contributed by atoms with van der Waals surface area (Å²) in [6.07, 6.45) is 0. The standard InChI is InChI=1S/C20H13/c1-2-8-15(9-3-1)20-14-16-10-4-5-11-17(16)18-12-6-7-13-19(18)20/h2-14H. The Hall–Kier alpha value is -2.60. The van der Waals surface area contributed by atoms with E-state index in [-0.39, 0.29) is 0 Å². The lowest BCUT2D eigenvalue weighted by Crippen LogP contribution is -1.84. The summed E-state index contributed by atoms with van der Waals surface area (Å²) in [5, 5.41) is 5.22. The van der Waals surface area contributed by atoms with Gasteiger partial charge in [-0.05, 0) is 44.8 Å². The molecule has 0 saturated heterocycles. The van der Waals surface area contributed by atoms with Crippen LogP contribution in [-0.2, 0) is 0 Å². The molecule has 0 unspecified atom stereocenters. The van der Waals surface area contributed by atoms with Crippen LogP contribution in [-0.4, -0.2) is 0 Å². The Morgan fingerprint density at radius 3 is 2.05 bits per heavy atom. The van der Waals surface area contributed by atoms with E-state index in [1.807, 2.05) is 12.1 Å². The predicted octanol–water partition coefficient (Wildman–Crippen LogP) is 5.46. The molecule has 4 aromatic carbocycles. The van der Waals surface area contributed by atoms with Crippen molar-refractivity contribution in [2.75, 3.05) is 0 Å². The summed E-state index contributed by atoms with van der Waals surface area (Å²) >= 11 is 0. The normalized spacial score (nSPS) is 11.0. The summed E-state index contributed by atoms with van der Waals surface area (Å²) in [5.41, 5.74) is 2.53. The smallest absolute Gasteiger partial charge is 0.00990 e. The van der Waals surface area contributed by atoms with E-state index in [0.717, 1.165) is 0 Å². The number of fused-ring (bicyclic) bond motifs is 3. The monoisotopic (exact) mass is 253 g/mol. The molecular weight excluding hydrogens is 240 g/mol. The van der Waals surface area contributed by atoms with E-state index in [2.05, 4.69) is 72.8 Å². The molecule has 0 nitrogen and oxygen atoms in total. The van der Waals surface area contributed by atoms with Gasteiger partial charge in [-0.25, -0.2) is 0 Å². The van der Waals surface area contributed by atoms with Gasteiger partial charge in [0.1, 0.15) is 0 Å². The van der Waals surface area contributed by atoms with Gasteiger partial charge in [0, 0.05) is 0 Å². The van der Waals surface area contributed by atoms with Crippen molar-refractivity contribution < 1.29 is 0 Å². The minimum absolute atomic E-state index is 1.24. The molecule has 93 valence electrons. The quantitative estimate of drug-likeness (QED) is 0.395. The Bertz CT molecular complexity index is 889. The van der Waals surface area contributed by atoms with Gasteiger partial charge in [0.15, 0.2) is 0 Å². The average Bonchev–Trinajstić information content (AvgIpc) is 2.55. The van der Waals surface area contributed by atoms with E-state index in [0.29, 0.717) is 0 Å². The van der Waals surface area contributed by atoms with Crippen LogP contribution in [0, 0.1) is 6.07 Å². The van der Waals surface area contributed by atoms with Gasteiger partial charge in [-0.2, -0.15) is 0 Å². The van der Waals surface area contributed by atoms with Crippen LogP contribution in [0.4, 0.5) is 0 Å². The van der Waals surface area contributed by atoms with Crippen molar-refractivity contribution in [3.63, 3.8) is 0 Å². The van der Waals surface area contributed by atoms with Crippen LogP contribution in [0.2, 0.25) is 0 Å². The Balaban J connectivity index is 2.19. The molecule has 0 aliphatic carbocycles. The summed E-state index contributed by atoms with van der Waals surface area (Å²) in [7, 11) is 0. The summed E-state index contributed by atoms with van der Waals surface area (Å²) in [6, 6.07) is 30.8. The topological polar surface area (TPSA) is 0 Å². The van der Waals surface area contributed by atoms with E-state index in [9.17, 15) is 0 Å². The maximum atomic E-state index is 3.09. The molecule has 0 aliphatic heterocycles. The van der Waals surface area contributed by atoms with Crippen LogP contribution in [0.5, 0.6) is 0 Å². The predicted molar refractivity (Wildman–Crippen MR) is 85.7 cm³/mol. The Kier molecular flexibility index (Phi) is 2.53. The fourth-order valence-electron chi connectivity index (χ4n) is 2.86. The van der Waals surface area contributed by atoms with Crippen molar-refractivity contribution in [2.45, 2.75) is 0 Å². The van der Waals surface area contributed by atoms with Crippen LogP contribution in [0.15, 0.2) is 78.9 Å². The highest BCUT2D eigenvalue weighted by Crippen LogP contribution is 2.34. The second-order valence-electron chi connectivity index (χ2n) is 4.98. The van der Waals surface area contributed by atoms with Gasteiger partial charge in [-0.1, -0.05) is 72.8 Å². The van der Waals surface area contributed by atoms with Gasteiger partial charge in [-0.15, -0.1) is 0 Å². The maximum Gasteiger partial charge on any atom is -0.00990 e. The van der Waals surface area contributed by atoms with Crippen molar-refractivity contribution in [2.24, 2.45) is 0 Å². The fraction of sp³-hybridized carbons (Fsp3) is 0. The molecule has 0 fully saturated rings. The Labute approximate surface area is 118 Å². The summed E-state index contributed by atoms with van der Waals surface area (Å²) in [5.74, 6) is 0. The van der Waals surface area contributed by atoms with Gasteiger partial charge in [-0.3, -0.25) is 0 Å². The van der Waals surface area contributed by atoms with Crippen molar-refractivity contribution >= 4 is 21.5 Å². The molecule has 0 saturated carbocycles. The Morgan fingerprint density at radius 1 is 0.600 bits per heavy atom. The van der Waals surface area contributed by atoms with E-state index in [1.54, 1.807) is 0 Å². The van der Waals surface area contributed by atoms with Crippen LogP contribution >= 0.6 is 0 Å². The number of hydrogen-bond acceptors (Lipinski definition) is 0. The SMILES string of the molecule is [c]1ccc(-c2cc3ccccc3c3ccccc23)cc1. The lowest BCUT2D eigenvalue weighted by atomic mass is 9.93. The van der Waals surface area contributed by atoms with Gasteiger partial charge < -0.3 is 0 Å². The molecule has 0 spiro atoms. The van der Waals surface area contributed by atoms with Crippen LogP contribution < -0.4 is 0 Å². The van der Waals surface area contributed by atoms with E-state index < -0.39 is 0 Å². The summed E-state index contributed by atoms with van der Waals surface area (Å²) in [4.78, 5) is 0. The minimum atomic E-state index is 1.24. The maximum absolute atomic E-state index is 3.09. The van der Waals surface area contributed by atoms with Crippen LogP contribution in [0.3, 0.4) is 0 Å². The van der Waals surface area contributed by atoms with Gasteiger partial charge in [0.25, 0.3) is 0 Å². The Morgan fingerprint density at radius 2 is 1.25 bits per heavy atom. The first-order chi connectivity index (χ1) is 9.93. The molecule has 0 aliphatic rings. The fourth-order valence-corrected chi connectivity index (χ4v) is 2.86. The molecule has 0 heteroatoms. The third-order valence-corrected chi connectivity index (χ3v) is 3.80. The zero-order valence-electron chi connectivity index (χ0n) is 11.0. The van der Waals surface area contributed by atoms with Crippen molar-refractivity contribution in [3.05, 3.63) is 84.9 Å². The van der Waals surface area contributed by atoms with Crippen LogP contribution in [0.25, 0.3) is 32.7 Å². The highest BCUT2D eigenvalue weighted by Gasteiger charge is 2.07. The second kappa shape index (κ2) is 4.50. The molecule has 20 heavy (non-hydrogen) atoms. The summed E-state index contributed by atoms with van der Waals surface area (Å²) < 4.78 is 0. The van der Waals surface area contributed by atoms with Gasteiger partial charge in [0.05, 0.1) is 0 Å². The molecule has 4 aromatic rings. The molecule has 1 radical (unpaired) electrons. The van der Waals surface area contributed by atoms with Crippen LogP contribution in [0.1, 0.15) is 0 Å². The highest BCUT2D eigenvalue weighted by atomic mass is 14.1. The zero-order valence-corrected chi connectivity index (χ0v) is 11.0. The third kappa shape index (κ3) is 1.70. The van der Waals surface area contributed by atoms with E-state index in [4.69, 9.17) is 0 Å². The number of rotatable bonds is 1. The van der Waals surface area contributed by atoms with E-state index in [1.165, 1.54) is 32.7 Å². The first kappa shape index (κ1) is 11.2. The number of benzene rings is 4.